The van der Waals surface area contributed by atoms with Crippen molar-refractivity contribution in [2.24, 2.45) is 15.9 Å². The number of pyridine rings is 1. The van der Waals surface area contributed by atoms with Crippen molar-refractivity contribution in [1.82, 2.24) is 4.98 Å². The molecule has 1 aliphatic heterocycles. The zero-order valence-electron chi connectivity index (χ0n) is 21.5. The first-order chi connectivity index (χ1) is 18.0. The summed E-state index contributed by atoms with van der Waals surface area (Å²) in [5.41, 5.74) is 5.43. The van der Waals surface area contributed by atoms with Gasteiger partial charge >= 0.3 is 0 Å². The molecule has 0 aliphatic carbocycles. The van der Waals surface area contributed by atoms with Crippen molar-refractivity contribution in [3.8, 4) is 0 Å². The quantitative estimate of drug-likeness (QED) is 0.384. The molecule has 3 aromatic rings. The molecule has 7 heteroatoms. The Morgan fingerprint density at radius 2 is 1.92 bits per heavy atom. The third kappa shape index (κ3) is 6.92. The van der Waals surface area contributed by atoms with Crippen LogP contribution in [0, 0.1) is 5.92 Å². The third-order valence-corrected chi connectivity index (χ3v) is 6.78. The van der Waals surface area contributed by atoms with Gasteiger partial charge in [0.25, 0.3) is 5.91 Å². The lowest BCUT2D eigenvalue weighted by Crippen LogP contribution is -2.22. The first-order valence-electron chi connectivity index (χ1n) is 12.6. The molecule has 2 heterocycles. The highest BCUT2D eigenvalue weighted by molar-refractivity contribution is 6.44. The molecule has 4 bridgehead atoms. The summed E-state index contributed by atoms with van der Waals surface area (Å²) in [7, 11) is 0. The number of amides is 1. The number of benzene rings is 2. The fourth-order valence-corrected chi connectivity index (χ4v) is 4.11. The van der Waals surface area contributed by atoms with Crippen molar-refractivity contribution >= 4 is 40.6 Å². The number of fused-ring (bicyclic) bond motifs is 4. The van der Waals surface area contributed by atoms with Crippen LogP contribution in [0.25, 0.3) is 0 Å². The largest absolute Gasteiger partial charge is 0.342 e. The predicted octanol–water partition coefficient (Wildman–Crippen LogP) is 7.03. The van der Waals surface area contributed by atoms with E-state index in [9.17, 15) is 4.79 Å². The number of aromatic nitrogens is 1. The number of anilines is 2. The molecule has 0 saturated carbocycles. The summed E-state index contributed by atoms with van der Waals surface area (Å²) in [4.78, 5) is 27.0. The Hall–Kier alpha value is -3.77. The van der Waals surface area contributed by atoms with Gasteiger partial charge in [-0.2, -0.15) is 0 Å². The standard InChI is InChI=1S/C30H32ClN5O/c1-4-20(3)28-34-25-16-22(17-32-19-25)11-13-24-15-21(18-33-29(36-28)26(31)5-2)12-14-27(24)35-30(37)23-9-7-6-8-10-23/h5-10,12,14-17,19-20H,4,11,13,18H2,1-3H3,(H,35,37)(H,33,34,36)/b26-5+. The molecule has 6 nitrogen and oxygen atoms in total. The molecule has 2 aromatic carbocycles. The van der Waals surface area contributed by atoms with E-state index in [1.807, 2.05) is 43.5 Å². The molecule has 1 atom stereocenters. The Morgan fingerprint density at radius 1 is 1.11 bits per heavy atom. The van der Waals surface area contributed by atoms with Gasteiger partial charge in [0.1, 0.15) is 5.84 Å². The van der Waals surface area contributed by atoms with Crippen LogP contribution in [0.4, 0.5) is 11.4 Å². The minimum absolute atomic E-state index is 0.135. The predicted molar refractivity (Wildman–Crippen MR) is 154 cm³/mol. The summed E-state index contributed by atoms with van der Waals surface area (Å²) in [5.74, 6) is 1.33. The van der Waals surface area contributed by atoms with E-state index < -0.39 is 0 Å². The van der Waals surface area contributed by atoms with Crippen LogP contribution in [0.5, 0.6) is 0 Å². The zero-order valence-corrected chi connectivity index (χ0v) is 22.2. The molecule has 4 rings (SSSR count). The van der Waals surface area contributed by atoms with Gasteiger partial charge in [-0.05, 0) is 67.1 Å². The summed E-state index contributed by atoms with van der Waals surface area (Å²) < 4.78 is 0. The second-order valence-corrected chi connectivity index (χ2v) is 9.51. The fraction of sp³-hybridized carbons (Fsp3) is 0.267. The first-order valence-corrected chi connectivity index (χ1v) is 13.0. The summed E-state index contributed by atoms with van der Waals surface area (Å²) in [6, 6.07) is 17.4. The number of nitrogens with one attached hydrogen (secondary N) is 2. The monoisotopic (exact) mass is 513 g/mol. The van der Waals surface area contributed by atoms with E-state index in [0.29, 0.717) is 23.0 Å². The van der Waals surface area contributed by atoms with Crippen LogP contribution in [-0.4, -0.2) is 22.6 Å². The Kier molecular flexibility index (Phi) is 8.86. The van der Waals surface area contributed by atoms with Crippen molar-refractivity contribution in [2.75, 3.05) is 10.6 Å². The van der Waals surface area contributed by atoms with Crippen LogP contribution >= 0.6 is 11.6 Å². The Labute approximate surface area is 223 Å². The molecule has 0 saturated heterocycles. The van der Waals surface area contributed by atoms with E-state index in [4.69, 9.17) is 21.6 Å². The van der Waals surface area contributed by atoms with Gasteiger partial charge in [0.05, 0.1) is 23.5 Å². The fourth-order valence-electron chi connectivity index (χ4n) is 4.01. The summed E-state index contributed by atoms with van der Waals surface area (Å²) in [5, 5.41) is 7.04. The van der Waals surface area contributed by atoms with Gasteiger partial charge < -0.3 is 10.6 Å². The molecule has 0 fully saturated rings. The van der Waals surface area contributed by atoms with Crippen LogP contribution in [0.2, 0.25) is 0 Å². The smallest absolute Gasteiger partial charge is 0.255 e. The Bertz CT molecular complexity index is 1350. The molecule has 1 unspecified atom stereocenters. The average Bonchev–Trinajstić information content (AvgIpc) is 2.93. The number of nitrogens with zero attached hydrogens (tertiary/aromatic N) is 3. The number of carbonyl (C=O) groups is 1. The van der Waals surface area contributed by atoms with E-state index >= 15 is 0 Å². The van der Waals surface area contributed by atoms with Crippen LogP contribution in [0.15, 0.2) is 88.1 Å². The second-order valence-electron chi connectivity index (χ2n) is 9.10. The summed E-state index contributed by atoms with van der Waals surface area (Å²) >= 11 is 6.54. The van der Waals surface area contributed by atoms with Gasteiger partial charge in [-0.3, -0.25) is 14.8 Å². The van der Waals surface area contributed by atoms with Crippen molar-refractivity contribution < 1.29 is 4.79 Å². The number of hydrogen-bond donors (Lipinski definition) is 2. The van der Waals surface area contributed by atoms with E-state index in [1.54, 1.807) is 24.4 Å². The molecule has 0 spiro atoms. The van der Waals surface area contributed by atoms with Crippen LogP contribution in [-0.2, 0) is 19.4 Å². The summed E-state index contributed by atoms with van der Waals surface area (Å²) in [6.45, 7) is 6.55. The average molecular weight is 514 g/mol. The zero-order chi connectivity index (χ0) is 26.2. The van der Waals surface area contributed by atoms with E-state index in [2.05, 4.69) is 41.6 Å². The van der Waals surface area contributed by atoms with Crippen molar-refractivity contribution in [3.63, 3.8) is 0 Å². The van der Waals surface area contributed by atoms with Gasteiger partial charge in [-0.25, -0.2) is 4.99 Å². The number of amidine groups is 2. The molecule has 190 valence electrons. The maximum atomic E-state index is 12.9. The second kappa shape index (κ2) is 12.5. The van der Waals surface area contributed by atoms with E-state index in [-0.39, 0.29) is 11.8 Å². The van der Waals surface area contributed by atoms with Gasteiger partial charge in [-0.15, -0.1) is 0 Å². The van der Waals surface area contributed by atoms with Crippen molar-refractivity contribution in [1.29, 1.82) is 0 Å². The molecule has 0 radical (unpaired) electrons. The molecule has 37 heavy (non-hydrogen) atoms. The highest BCUT2D eigenvalue weighted by atomic mass is 35.5. The van der Waals surface area contributed by atoms with Crippen LogP contribution in [0.3, 0.4) is 0 Å². The lowest BCUT2D eigenvalue weighted by Gasteiger charge is -2.17. The third-order valence-electron chi connectivity index (χ3n) is 6.39. The first kappa shape index (κ1) is 26.3. The highest BCUT2D eigenvalue weighted by Crippen LogP contribution is 2.23. The van der Waals surface area contributed by atoms with Gasteiger partial charge in [-0.1, -0.05) is 61.9 Å². The minimum atomic E-state index is -0.135. The summed E-state index contributed by atoms with van der Waals surface area (Å²) in [6.07, 6.45) is 7.91. The molecule has 1 aliphatic rings. The lowest BCUT2D eigenvalue weighted by atomic mass is 10.0. The number of allylic oxidation sites excluding steroid dienone is 1. The van der Waals surface area contributed by atoms with E-state index in [0.717, 1.165) is 53.2 Å². The molecule has 1 amide bonds. The minimum Gasteiger partial charge on any atom is -0.342 e. The highest BCUT2D eigenvalue weighted by Gasteiger charge is 2.15. The van der Waals surface area contributed by atoms with Gasteiger partial charge in [0.2, 0.25) is 0 Å². The maximum absolute atomic E-state index is 12.9. The number of halogens is 1. The molecule has 1 aromatic heterocycles. The number of aliphatic imine (C=N–C) groups is 2. The normalized spacial score (nSPS) is 15.0. The Morgan fingerprint density at radius 3 is 2.68 bits per heavy atom. The van der Waals surface area contributed by atoms with Gasteiger partial charge in [0.15, 0.2) is 5.84 Å². The van der Waals surface area contributed by atoms with Crippen LogP contribution in [0.1, 0.15) is 54.2 Å². The topological polar surface area (TPSA) is 78.7 Å². The maximum Gasteiger partial charge on any atom is 0.255 e. The molecular formula is C30H32ClN5O. The number of aryl methyl sites for hydroxylation is 2. The Balaban J connectivity index is 1.75. The number of hydrogen-bond acceptors (Lipinski definition) is 5. The van der Waals surface area contributed by atoms with Crippen molar-refractivity contribution in [3.05, 3.63) is 100 Å². The molecule has 2 N–H and O–H groups in total. The van der Waals surface area contributed by atoms with Crippen LogP contribution < -0.4 is 10.6 Å². The number of carbonyl (C=O) groups excluding carboxylic acids is 1. The SMILES string of the molecule is C/C=C(/Cl)C1=NCc2ccc(NC(=O)c3ccccc3)c(c2)CCc2cncc(c2)NC(C(C)CC)=N1. The van der Waals surface area contributed by atoms with Crippen molar-refractivity contribution in [2.45, 2.75) is 46.6 Å². The van der Waals surface area contributed by atoms with E-state index in [1.165, 1.54) is 0 Å². The van der Waals surface area contributed by atoms with Gasteiger partial charge in [0, 0.05) is 23.4 Å². The molecular weight excluding hydrogens is 482 g/mol. The lowest BCUT2D eigenvalue weighted by molar-refractivity contribution is 0.102. The number of rotatable bonds is 5.